The molecule has 28 heavy (non-hydrogen) atoms. The fraction of sp³-hybridized carbons (Fsp3) is 0.500. The molecule has 1 saturated heterocycles. The molecule has 148 valence electrons. The number of nitrogens with zero attached hydrogens (tertiary/aromatic N) is 2. The van der Waals surface area contributed by atoms with E-state index in [9.17, 15) is 9.59 Å². The average molecular weight is 399 g/mol. The second-order valence-corrected chi connectivity index (χ2v) is 8.68. The highest BCUT2D eigenvalue weighted by molar-refractivity contribution is 7.13. The van der Waals surface area contributed by atoms with Crippen molar-refractivity contribution in [3.05, 3.63) is 40.9 Å². The van der Waals surface area contributed by atoms with Crippen molar-refractivity contribution in [1.82, 2.24) is 9.88 Å². The third-order valence-electron chi connectivity index (χ3n) is 5.90. The highest BCUT2D eigenvalue weighted by atomic mass is 32.1. The van der Waals surface area contributed by atoms with Crippen molar-refractivity contribution in [2.75, 3.05) is 13.2 Å². The zero-order chi connectivity index (χ0) is 19.5. The van der Waals surface area contributed by atoms with E-state index in [1.54, 1.807) is 5.38 Å². The van der Waals surface area contributed by atoms with Crippen molar-refractivity contribution in [1.29, 1.82) is 0 Å². The summed E-state index contributed by atoms with van der Waals surface area (Å²) in [4.78, 5) is 31.4. The Bertz CT molecular complexity index is 844. The predicted molar refractivity (Wildman–Crippen MR) is 109 cm³/mol. The topological polar surface area (TPSA) is 59.5 Å². The maximum absolute atomic E-state index is 12.7. The third-order valence-corrected chi connectivity index (χ3v) is 6.79. The molecule has 2 aliphatic rings. The largest absolute Gasteiger partial charge is 0.451 e. The van der Waals surface area contributed by atoms with Gasteiger partial charge < -0.3 is 9.64 Å². The Morgan fingerprint density at radius 1 is 1.14 bits per heavy atom. The molecule has 5 nitrogen and oxygen atoms in total. The molecular formula is C22H26N2O3S. The highest BCUT2D eigenvalue weighted by Gasteiger charge is 2.35. The molecule has 1 saturated carbocycles. The second-order valence-electron chi connectivity index (χ2n) is 7.82. The number of ether oxygens (including phenoxy) is 1. The summed E-state index contributed by atoms with van der Waals surface area (Å²) in [5.41, 5.74) is 2.42. The number of carbonyl (C=O) groups is 2. The summed E-state index contributed by atoms with van der Waals surface area (Å²) in [6.45, 7) is 2.62. The van der Waals surface area contributed by atoms with Crippen molar-refractivity contribution in [3.8, 4) is 10.6 Å². The number of fused-ring (bicyclic) bond motifs is 1. The standard InChI is InChI=1S/C22H26N2O3S/c1-15-8-10-17(11-9-15)21-23-18(14-28-21)22(26)27-13-20(25)24-12-4-6-16-5-2-3-7-19(16)24/h8-11,14,16,19H,2-7,12-13H2,1H3/t16-,19+/m1/s1. The molecule has 0 spiro atoms. The first-order valence-corrected chi connectivity index (χ1v) is 11.0. The van der Waals surface area contributed by atoms with Crippen LogP contribution in [0.5, 0.6) is 0 Å². The first-order valence-electron chi connectivity index (χ1n) is 10.1. The van der Waals surface area contributed by atoms with Gasteiger partial charge in [-0.1, -0.05) is 42.7 Å². The molecule has 4 rings (SSSR count). The Balaban J connectivity index is 1.35. The SMILES string of the molecule is Cc1ccc(-c2nc(C(=O)OCC(=O)N3CCC[C@H]4CCCC[C@@H]43)cs2)cc1. The van der Waals surface area contributed by atoms with Crippen LogP contribution in [0.15, 0.2) is 29.6 Å². The van der Waals surface area contributed by atoms with Gasteiger partial charge in [-0.3, -0.25) is 4.79 Å². The summed E-state index contributed by atoms with van der Waals surface area (Å²) >= 11 is 1.41. The summed E-state index contributed by atoms with van der Waals surface area (Å²) < 4.78 is 5.31. The summed E-state index contributed by atoms with van der Waals surface area (Å²) in [5, 5.41) is 2.47. The van der Waals surface area contributed by atoms with Gasteiger partial charge in [0.15, 0.2) is 12.3 Å². The molecule has 2 atom stereocenters. The van der Waals surface area contributed by atoms with Crippen LogP contribution in [-0.4, -0.2) is 41.0 Å². The number of hydrogen-bond acceptors (Lipinski definition) is 5. The highest BCUT2D eigenvalue weighted by Crippen LogP contribution is 2.35. The van der Waals surface area contributed by atoms with Crippen molar-refractivity contribution in [2.45, 2.75) is 51.5 Å². The van der Waals surface area contributed by atoms with E-state index in [-0.39, 0.29) is 18.2 Å². The molecule has 1 aliphatic heterocycles. The predicted octanol–water partition coefficient (Wildman–Crippen LogP) is 4.46. The number of aryl methyl sites for hydroxylation is 1. The first kappa shape index (κ1) is 19.1. The Kier molecular flexibility index (Phi) is 5.76. The van der Waals surface area contributed by atoms with Crippen LogP contribution in [-0.2, 0) is 9.53 Å². The lowest BCUT2D eigenvalue weighted by molar-refractivity contribution is -0.140. The van der Waals surface area contributed by atoms with Gasteiger partial charge in [0.2, 0.25) is 0 Å². The number of amides is 1. The monoisotopic (exact) mass is 398 g/mol. The van der Waals surface area contributed by atoms with Crippen LogP contribution in [0.4, 0.5) is 0 Å². The number of piperidine rings is 1. The van der Waals surface area contributed by atoms with Crippen LogP contribution < -0.4 is 0 Å². The number of rotatable bonds is 4. The Morgan fingerprint density at radius 2 is 1.89 bits per heavy atom. The van der Waals surface area contributed by atoms with E-state index >= 15 is 0 Å². The lowest BCUT2D eigenvalue weighted by Crippen LogP contribution is -2.50. The summed E-state index contributed by atoms with van der Waals surface area (Å²) in [6.07, 6.45) is 7.02. The fourth-order valence-electron chi connectivity index (χ4n) is 4.41. The van der Waals surface area contributed by atoms with E-state index in [1.165, 1.54) is 42.6 Å². The van der Waals surface area contributed by atoms with E-state index in [0.717, 1.165) is 30.0 Å². The third kappa shape index (κ3) is 4.12. The number of esters is 1. The maximum atomic E-state index is 12.7. The second kappa shape index (κ2) is 8.43. The van der Waals surface area contributed by atoms with Gasteiger partial charge in [-0.25, -0.2) is 9.78 Å². The molecule has 1 amide bonds. The van der Waals surface area contributed by atoms with Crippen LogP contribution in [0, 0.1) is 12.8 Å². The molecule has 0 radical (unpaired) electrons. The minimum Gasteiger partial charge on any atom is -0.451 e. The zero-order valence-corrected chi connectivity index (χ0v) is 17.0. The van der Waals surface area contributed by atoms with Crippen molar-refractivity contribution in [3.63, 3.8) is 0 Å². The molecule has 2 aromatic rings. The fourth-order valence-corrected chi connectivity index (χ4v) is 5.21. The van der Waals surface area contributed by atoms with Crippen molar-refractivity contribution < 1.29 is 14.3 Å². The van der Waals surface area contributed by atoms with Crippen LogP contribution in [0.2, 0.25) is 0 Å². The Hall–Kier alpha value is -2.21. The number of hydrogen-bond donors (Lipinski definition) is 0. The molecule has 1 aromatic carbocycles. The molecule has 1 aromatic heterocycles. The van der Waals surface area contributed by atoms with E-state index in [1.807, 2.05) is 36.1 Å². The molecular weight excluding hydrogens is 372 g/mol. The number of carbonyl (C=O) groups excluding carboxylic acids is 2. The zero-order valence-electron chi connectivity index (χ0n) is 16.2. The minimum atomic E-state index is -0.528. The van der Waals surface area contributed by atoms with Crippen LogP contribution in [0.1, 0.15) is 54.6 Å². The number of likely N-dealkylation sites (tertiary alicyclic amines) is 1. The molecule has 6 heteroatoms. The van der Waals surface area contributed by atoms with Gasteiger partial charge in [-0.15, -0.1) is 11.3 Å². The van der Waals surface area contributed by atoms with Gasteiger partial charge in [-0.2, -0.15) is 0 Å². The van der Waals surface area contributed by atoms with Crippen LogP contribution in [0.25, 0.3) is 10.6 Å². The van der Waals surface area contributed by atoms with E-state index in [4.69, 9.17) is 4.74 Å². The van der Waals surface area contributed by atoms with Gasteiger partial charge in [0.25, 0.3) is 5.91 Å². The molecule has 2 heterocycles. The van der Waals surface area contributed by atoms with Gasteiger partial charge in [0, 0.05) is 23.5 Å². The number of benzene rings is 1. The smallest absolute Gasteiger partial charge is 0.358 e. The van der Waals surface area contributed by atoms with E-state index < -0.39 is 5.97 Å². The molecule has 1 aliphatic carbocycles. The molecule has 0 bridgehead atoms. The minimum absolute atomic E-state index is 0.0704. The summed E-state index contributed by atoms with van der Waals surface area (Å²) in [7, 11) is 0. The average Bonchev–Trinajstić information content (AvgIpc) is 3.22. The van der Waals surface area contributed by atoms with Gasteiger partial charge in [0.05, 0.1) is 0 Å². The van der Waals surface area contributed by atoms with E-state index in [2.05, 4.69) is 4.98 Å². The summed E-state index contributed by atoms with van der Waals surface area (Å²) in [6, 6.07) is 8.35. The maximum Gasteiger partial charge on any atom is 0.358 e. The van der Waals surface area contributed by atoms with Crippen LogP contribution in [0.3, 0.4) is 0 Å². The Morgan fingerprint density at radius 3 is 2.71 bits per heavy atom. The van der Waals surface area contributed by atoms with Crippen molar-refractivity contribution >= 4 is 23.2 Å². The van der Waals surface area contributed by atoms with Crippen molar-refractivity contribution in [2.24, 2.45) is 5.92 Å². The van der Waals surface area contributed by atoms with Gasteiger partial charge in [0.1, 0.15) is 5.01 Å². The molecule has 0 N–H and O–H groups in total. The van der Waals surface area contributed by atoms with E-state index in [0.29, 0.717) is 12.0 Å². The Labute approximate surface area is 169 Å². The first-order chi connectivity index (χ1) is 13.6. The number of aromatic nitrogens is 1. The molecule has 0 unspecified atom stereocenters. The lowest BCUT2D eigenvalue weighted by Gasteiger charge is -2.44. The molecule has 2 fully saturated rings. The van der Waals surface area contributed by atoms with Gasteiger partial charge >= 0.3 is 5.97 Å². The number of thiazole rings is 1. The van der Waals surface area contributed by atoms with Crippen LogP contribution >= 0.6 is 11.3 Å². The quantitative estimate of drug-likeness (QED) is 0.714. The normalized spacial score (nSPS) is 21.8. The van der Waals surface area contributed by atoms with Gasteiger partial charge in [-0.05, 0) is 38.5 Å². The summed E-state index contributed by atoms with van der Waals surface area (Å²) in [5.74, 6) is 0.0249. The lowest BCUT2D eigenvalue weighted by atomic mass is 9.78.